The van der Waals surface area contributed by atoms with E-state index in [0.717, 1.165) is 11.1 Å². The maximum Gasteiger partial charge on any atom is 0.146 e. The zero-order valence-corrected chi connectivity index (χ0v) is 23.6. The molecule has 0 aromatic rings. The first-order chi connectivity index (χ1) is 12.7. The van der Waals surface area contributed by atoms with Crippen LogP contribution in [0.4, 0.5) is 0 Å². The molecule has 0 spiro atoms. The average Bonchev–Trinajstić information content (AvgIpc) is 2.60. The Morgan fingerprint density at radius 3 is 2.21 bits per heavy atom. The minimum atomic E-state index is -1.23. The number of ether oxygens (including phenoxy) is 1. The molecule has 6 heteroatoms. The molecule has 1 aliphatic heterocycles. The Bertz CT molecular complexity index is 762. The summed E-state index contributed by atoms with van der Waals surface area (Å²) in [5.41, 5.74) is -2.08. The first-order valence-electron chi connectivity index (χ1n) is 10.7. The van der Waals surface area contributed by atoms with Gasteiger partial charge >= 0.3 is 0 Å². The fourth-order valence-electron chi connectivity index (χ4n) is 7.79. The first kappa shape index (κ1) is 24.3. The quantitative estimate of drug-likeness (QED) is 0.363. The van der Waals surface area contributed by atoms with Crippen LogP contribution in [0.1, 0.15) is 61.3 Å². The van der Waals surface area contributed by atoms with Gasteiger partial charge in [0.2, 0.25) is 0 Å². The molecule has 2 bridgehead atoms. The van der Waals surface area contributed by atoms with E-state index in [4.69, 9.17) is 4.74 Å². The largest absolute Gasteiger partial charge is 0.389 e. The number of rotatable bonds is 0. The topological polar surface area (TPSA) is 87.0 Å². The summed E-state index contributed by atoms with van der Waals surface area (Å²) in [5, 5.41) is 34.6. The zero-order chi connectivity index (χ0) is 21.0. The van der Waals surface area contributed by atoms with Crippen LogP contribution in [0, 0.1) is 78.6 Å². The molecule has 0 aromatic carbocycles. The normalized spacial score (nSPS) is 53.7. The van der Waals surface area contributed by atoms with Gasteiger partial charge in [-0.05, 0) is 36.3 Å². The van der Waals surface area contributed by atoms with Gasteiger partial charge in [0.25, 0.3) is 0 Å². The first-order valence-corrected chi connectivity index (χ1v) is 10.7. The van der Waals surface area contributed by atoms with Crippen LogP contribution in [0.5, 0.6) is 0 Å². The van der Waals surface area contributed by atoms with Crippen LogP contribution in [0.25, 0.3) is 0 Å². The predicted octanol–water partition coefficient (Wildman–Crippen LogP) is 2.47. The molecular formula is C23H36AcO5. The van der Waals surface area contributed by atoms with Gasteiger partial charge in [0.1, 0.15) is 11.4 Å². The second-order valence-electron chi connectivity index (χ2n) is 10.9. The summed E-state index contributed by atoms with van der Waals surface area (Å²) in [5.74, 6) is -1.05. The van der Waals surface area contributed by atoms with Crippen molar-refractivity contribution in [3.8, 4) is 0 Å². The Morgan fingerprint density at radius 1 is 1.10 bits per heavy atom. The van der Waals surface area contributed by atoms with Crippen LogP contribution in [0.15, 0.2) is 11.1 Å². The third kappa shape index (κ3) is 2.72. The zero-order valence-electron chi connectivity index (χ0n) is 18.8. The molecule has 2 saturated carbocycles. The number of carbonyl (C=O) groups excluding carboxylic acids is 1. The Balaban J connectivity index is 0.00000240. The molecule has 4 aliphatic rings. The van der Waals surface area contributed by atoms with Gasteiger partial charge in [0.05, 0.1) is 24.4 Å². The Morgan fingerprint density at radius 2 is 1.69 bits per heavy atom. The fraction of sp³-hybridized carbons (Fsp3) is 0.870. The molecule has 161 valence electrons. The van der Waals surface area contributed by atoms with Gasteiger partial charge < -0.3 is 20.1 Å². The molecule has 3 aliphatic carbocycles. The van der Waals surface area contributed by atoms with Crippen LogP contribution < -0.4 is 0 Å². The molecule has 0 amide bonds. The smallest absolute Gasteiger partial charge is 0.146 e. The molecule has 5 nitrogen and oxygen atoms in total. The Hall–Kier alpha value is 0.692. The number of carbonyl (C=O) groups is 1. The van der Waals surface area contributed by atoms with E-state index < -0.39 is 40.0 Å². The molecule has 29 heavy (non-hydrogen) atoms. The summed E-state index contributed by atoms with van der Waals surface area (Å²) in [4.78, 5) is 14.0. The summed E-state index contributed by atoms with van der Waals surface area (Å²) < 4.78 is 5.71. The number of hydrogen-bond acceptors (Lipinski definition) is 5. The third-order valence-corrected chi connectivity index (χ3v) is 9.64. The molecule has 1 saturated heterocycles. The van der Waals surface area contributed by atoms with E-state index in [2.05, 4.69) is 6.92 Å². The van der Waals surface area contributed by atoms with Crippen molar-refractivity contribution in [2.75, 3.05) is 6.61 Å². The van der Waals surface area contributed by atoms with Crippen LogP contribution in [0.3, 0.4) is 0 Å². The summed E-state index contributed by atoms with van der Waals surface area (Å²) in [6, 6.07) is 0. The van der Waals surface area contributed by atoms with Crippen molar-refractivity contribution in [1.82, 2.24) is 0 Å². The molecule has 3 N–H and O–H groups in total. The molecule has 0 aromatic heterocycles. The van der Waals surface area contributed by atoms with Crippen LogP contribution >= 0.6 is 0 Å². The van der Waals surface area contributed by atoms with E-state index in [9.17, 15) is 20.1 Å². The van der Waals surface area contributed by atoms with E-state index in [1.807, 2.05) is 41.5 Å². The van der Waals surface area contributed by atoms with Crippen LogP contribution in [0.2, 0.25) is 0 Å². The number of hydrogen-bond donors (Lipinski definition) is 3. The van der Waals surface area contributed by atoms with E-state index in [1.54, 1.807) is 0 Å². The van der Waals surface area contributed by atoms with E-state index >= 15 is 0 Å². The summed E-state index contributed by atoms with van der Waals surface area (Å²) >= 11 is 0. The summed E-state index contributed by atoms with van der Waals surface area (Å²) in [6.45, 7) is 14.0. The molecule has 3 fully saturated rings. The number of fused-ring (bicyclic) bond motifs is 5. The molecule has 1 radical (unpaired) electrons. The van der Waals surface area contributed by atoms with E-state index in [-0.39, 0.29) is 80.8 Å². The van der Waals surface area contributed by atoms with E-state index in [0.29, 0.717) is 6.42 Å². The molecule has 5 unspecified atom stereocenters. The maximum atomic E-state index is 14.0. The number of aliphatic hydroxyl groups excluding tert-OH is 1. The summed E-state index contributed by atoms with van der Waals surface area (Å²) in [7, 11) is 0. The molecule has 9 atom stereocenters. The van der Waals surface area contributed by atoms with Crippen molar-refractivity contribution in [2.45, 2.75) is 84.7 Å². The van der Waals surface area contributed by atoms with Crippen molar-refractivity contribution >= 4 is 5.78 Å². The van der Waals surface area contributed by atoms with Crippen LogP contribution in [-0.4, -0.2) is 51.1 Å². The van der Waals surface area contributed by atoms with Crippen LogP contribution in [-0.2, 0) is 9.53 Å². The maximum absolute atomic E-state index is 14.0. The van der Waals surface area contributed by atoms with Gasteiger partial charge in [0, 0.05) is 73.1 Å². The number of Topliss-reactive ketones (excluding diaryl/α,β-unsaturated/α-hetero) is 1. The average molecular weight is 620 g/mol. The van der Waals surface area contributed by atoms with Crippen molar-refractivity contribution in [3.63, 3.8) is 0 Å². The van der Waals surface area contributed by atoms with E-state index in [1.165, 1.54) is 0 Å². The van der Waals surface area contributed by atoms with Crippen molar-refractivity contribution in [1.29, 1.82) is 0 Å². The number of aliphatic hydroxyl groups is 3. The van der Waals surface area contributed by atoms with Gasteiger partial charge in [-0.15, -0.1) is 0 Å². The second-order valence-corrected chi connectivity index (χ2v) is 10.9. The van der Waals surface area contributed by atoms with Gasteiger partial charge in [0.15, 0.2) is 0 Å². The molecule has 4 rings (SSSR count). The van der Waals surface area contributed by atoms with Crippen molar-refractivity contribution in [3.05, 3.63) is 11.1 Å². The Labute approximate surface area is 210 Å². The summed E-state index contributed by atoms with van der Waals surface area (Å²) in [6.07, 6.45) is -0.196. The number of ketones is 1. The SMILES string of the molecule is CC1=C2[C@@H](C)C(=O)[C@@]3(C)C([C@H](C)C(O)(CC1O)C2(C)C)C1(O)COC1C[C@@H]3C.[Ac]. The standard InChI is InChI=1S/C23H36O5.Ac/c1-11-8-16-22(26,10-28-16)18-14(4)23(27)9-15(24)12(2)17(20(23,5)6)13(3)19(25)21(11,18)7;/h11,13-16,18,24,26-27H,8-10H2,1-7H3;/t11-,13+,14-,15?,16?,18?,21+,22?,23?;/m0./s1. The third-order valence-electron chi connectivity index (χ3n) is 9.64. The monoisotopic (exact) mass is 619 g/mol. The van der Waals surface area contributed by atoms with Gasteiger partial charge in [-0.1, -0.05) is 41.5 Å². The molecule has 1 heterocycles. The minimum Gasteiger partial charge on any atom is -0.389 e. The molecular weight excluding hydrogens is 583 g/mol. The predicted molar refractivity (Wildman–Crippen MR) is 105 cm³/mol. The van der Waals surface area contributed by atoms with Gasteiger partial charge in [-0.2, -0.15) is 0 Å². The van der Waals surface area contributed by atoms with Crippen molar-refractivity contribution in [2.24, 2.45) is 34.5 Å². The minimum absolute atomic E-state index is 0. The Kier molecular flexibility index (Phi) is 5.95. The van der Waals surface area contributed by atoms with Gasteiger partial charge in [-0.3, -0.25) is 4.79 Å². The second kappa shape index (κ2) is 7.09. The van der Waals surface area contributed by atoms with Crippen molar-refractivity contribution < 1.29 is 68.9 Å². The fourth-order valence-corrected chi connectivity index (χ4v) is 7.79. The van der Waals surface area contributed by atoms with Gasteiger partial charge in [-0.25, -0.2) is 0 Å².